The number of carbonyl (C=O) groups excluding carboxylic acids is 3. The van der Waals surface area contributed by atoms with Crippen LogP contribution in [0.1, 0.15) is 49.5 Å². The van der Waals surface area contributed by atoms with Gasteiger partial charge in [0.05, 0.1) is 23.8 Å². The van der Waals surface area contributed by atoms with Crippen LogP contribution in [0.15, 0.2) is 42.5 Å². The van der Waals surface area contributed by atoms with Crippen molar-refractivity contribution in [2.75, 3.05) is 13.2 Å². The Hall–Kier alpha value is -3.06. The summed E-state index contributed by atoms with van der Waals surface area (Å²) in [6.07, 6.45) is 1.60. The number of amides is 3. The van der Waals surface area contributed by atoms with Gasteiger partial charge in [-0.3, -0.25) is 19.3 Å². The normalized spacial score (nSPS) is 18.5. The maximum Gasteiger partial charge on any atom is 0.261 e. The van der Waals surface area contributed by atoms with Crippen LogP contribution in [0.4, 0.5) is 4.39 Å². The molecular formula is C21H19FN2O4. The molecule has 7 heteroatoms. The van der Waals surface area contributed by atoms with Crippen molar-refractivity contribution < 1.29 is 23.5 Å². The standard InChI is InChI=1S/C21H19FN2O4/c22-18-6-2-1-4-14(18)11-23-19(25)13-7-8-16-17(10-13)21(27)24(20(16)26)12-15-5-3-9-28-15/h1-2,4,6-8,10,15H,3,5,9,11-12H2,(H,23,25). The molecule has 1 atom stereocenters. The summed E-state index contributed by atoms with van der Waals surface area (Å²) in [5.41, 5.74) is 1.11. The first-order chi connectivity index (χ1) is 13.5. The van der Waals surface area contributed by atoms with E-state index in [-0.39, 0.29) is 41.8 Å². The topological polar surface area (TPSA) is 75.7 Å². The van der Waals surface area contributed by atoms with Crippen molar-refractivity contribution >= 4 is 17.7 Å². The van der Waals surface area contributed by atoms with Crippen LogP contribution < -0.4 is 5.32 Å². The Bertz CT molecular complexity index is 953. The first kappa shape index (κ1) is 18.3. The number of rotatable bonds is 5. The smallest absolute Gasteiger partial charge is 0.261 e. The zero-order valence-electron chi connectivity index (χ0n) is 15.1. The molecule has 28 heavy (non-hydrogen) atoms. The van der Waals surface area contributed by atoms with Crippen LogP contribution in [0, 0.1) is 5.82 Å². The zero-order chi connectivity index (χ0) is 19.7. The number of imide groups is 1. The molecule has 0 bridgehead atoms. The molecule has 1 saturated heterocycles. The van der Waals surface area contributed by atoms with E-state index in [9.17, 15) is 18.8 Å². The number of hydrogen-bond acceptors (Lipinski definition) is 4. The number of nitrogens with one attached hydrogen (secondary N) is 1. The van der Waals surface area contributed by atoms with Gasteiger partial charge in [-0.1, -0.05) is 18.2 Å². The van der Waals surface area contributed by atoms with Gasteiger partial charge in [-0.25, -0.2) is 4.39 Å². The Morgan fingerprint density at radius 2 is 1.93 bits per heavy atom. The molecule has 1 N–H and O–H groups in total. The van der Waals surface area contributed by atoms with Gasteiger partial charge in [-0.05, 0) is 37.1 Å². The second kappa shape index (κ2) is 7.52. The van der Waals surface area contributed by atoms with Crippen LogP contribution in [-0.2, 0) is 11.3 Å². The minimum atomic E-state index is -0.441. The Morgan fingerprint density at radius 3 is 2.68 bits per heavy atom. The molecule has 0 saturated carbocycles. The summed E-state index contributed by atoms with van der Waals surface area (Å²) in [6.45, 7) is 0.891. The highest BCUT2D eigenvalue weighted by atomic mass is 19.1. The van der Waals surface area contributed by atoms with Crippen LogP contribution >= 0.6 is 0 Å². The van der Waals surface area contributed by atoms with E-state index in [0.29, 0.717) is 12.2 Å². The van der Waals surface area contributed by atoms with Crippen LogP contribution in [0.25, 0.3) is 0 Å². The third-order valence-corrected chi connectivity index (χ3v) is 5.04. The Balaban J connectivity index is 1.48. The Morgan fingerprint density at radius 1 is 1.14 bits per heavy atom. The summed E-state index contributed by atoms with van der Waals surface area (Å²) in [7, 11) is 0. The summed E-state index contributed by atoms with van der Waals surface area (Å²) >= 11 is 0. The molecule has 2 aliphatic rings. The largest absolute Gasteiger partial charge is 0.376 e. The summed E-state index contributed by atoms with van der Waals surface area (Å²) < 4.78 is 19.2. The highest BCUT2D eigenvalue weighted by Gasteiger charge is 2.37. The third kappa shape index (κ3) is 3.41. The van der Waals surface area contributed by atoms with Crippen molar-refractivity contribution in [3.63, 3.8) is 0 Å². The number of nitrogens with zero attached hydrogens (tertiary/aromatic N) is 1. The molecule has 1 fully saturated rings. The van der Waals surface area contributed by atoms with E-state index in [0.717, 1.165) is 12.8 Å². The summed E-state index contributed by atoms with van der Waals surface area (Å²) in [4.78, 5) is 38.8. The lowest BCUT2D eigenvalue weighted by molar-refractivity contribution is 0.0475. The minimum absolute atomic E-state index is 0.0284. The predicted octanol–water partition coefficient (Wildman–Crippen LogP) is 2.53. The van der Waals surface area contributed by atoms with Gasteiger partial charge in [-0.15, -0.1) is 0 Å². The molecular weight excluding hydrogens is 363 g/mol. The van der Waals surface area contributed by atoms with Crippen molar-refractivity contribution in [1.29, 1.82) is 0 Å². The van der Waals surface area contributed by atoms with Crippen LogP contribution in [0.3, 0.4) is 0 Å². The maximum absolute atomic E-state index is 13.7. The second-order valence-corrected chi connectivity index (χ2v) is 6.89. The van der Waals surface area contributed by atoms with Crippen molar-refractivity contribution in [1.82, 2.24) is 10.2 Å². The third-order valence-electron chi connectivity index (χ3n) is 5.04. The van der Waals surface area contributed by atoms with Crippen molar-refractivity contribution in [3.05, 3.63) is 70.5 Å². The molecule has 0 spiro atoms. The lowest BCUT2D eigenvalue weighted by Crippen LogP contribution is -2.36. The van der Waals surface area contributed by atoms with Gasteiger partial charge >= 0.3 is 0 Å². The Labute approximate surface area is 161 Å². The van der Waals surface area contributed by atoms with E-state index < -0.39 is 17.6 Å². The maximum atomic E-state index is 13.7. The average molecular weight is 382 g/mol. The minimum Gasteiger partial charge on any atom is -0.376 e. The molecule has 2 aromatic rings. The molecule has 1 unspecified atom stereocenters. The van der Waals surface area contributed by atoms with Gasteiger partial charge in [0.15, 0.2) is 0 Å². The van der Waals surface area contributed by atoms with Crippen molar-refractivity contribution in [2.45, 2.75) is 25.5 Å². The van der Waals surface area contributed by atoms with Gasteiger partial charge in [-0.2, -0.15) is 0 Å². The summed E-state index contributed by atoms with van der Waals surface area (Å²) in [6, 6.07) is 10.6. The van der Waals surface area contributed by atoms with E-state index in [1.165, 1.54) is 29.2 Å². The molecule has 6 nitrogen and oxygen atoms in total. The van der Waals surface area contributed by atoms with E-state index in [4.69, 9.17) is 4.74 Å². The van der Waals surface area contributed by atoms with E-state index in [1.807, 2.05) is 0 Å². The van der Waals surface area contributed by atoms with Gasteiger partial charge < -0.3 is 10.1 Å². The second-order valence-electron chi connectivity index (χ2n) is 6.89. The molecule has 0 radical (unpaired) electrons. The first-order valence-corrected chi connectivity index (χ1v) is 9.18. The predicted molar refractivity (Wildman–Crippen MR) is 98.4 cm³/mol. The zero-order valence-corrected chi connectivity index (χ0v) is 15.1. The van der Waals surface area contributed by atoms with Crippen molar-refractivity contribution in [2.24, 2.45) is 0 Å². The fraction of sp³-hybridized carbons (Fsp3) is 0.286. The summed E-state index contributed by atoms with van der Waals surface area (Å²) in [5.74, 6) is -1.63. The first-order valence-electron chi connectivity index (χ1n) is 9.18. The number of hydrogen-bond donors (Lipinski definition) is 1. The lowest BCUT2D eigenvalue weighted by Gasteiger charge is -2.17. The number of halogens is 1. The van der Waals surface area contributed by atoms with Gasteiger partial charge in [0.2, 0.25) is 0 Å². The van der Waals surface area contributed by atoms with Crippen LogP contribution in [0.2, 0.25) is 0 Å². The molecule has 2 aliphatic heterocycles. The molecule has 0 aliphatic carbocycles. The molecule has 2 aromatic carbocycles. The van der Waals surface area contributed by atoms with Crippen LogP contribution in [-0.4, -0.2) is 41.9 Å². The molecule has 2 heterocycles. The average Bonchev–Trinajstić information content (AvgIpc) is 3.30. The fourth-order valence-electron chi connectivity index (χ4n) is 3.51. The lowest BCUT2D eigenvalue weighted by atomic mass is 10.1. The quantitative estimate of drug-likeness (QED) is 0.807. The monoisotopic (exact) mass is 382 g/mol. The molecule has 4 rings (SSSR count). The number of ether oxygens (including phenoxy) is 1. The van der Waals surface area contributed by atoms with Crippen LogP contribution in [0.5, 0.6) is 0 Å². The highest BCUT2D eigenvalue weighted by molar-refractivity contribution is 6.22. The Kier molecular flexibility index (Phi) is 4.92. The summed E-state index contributed by atoms with van der Waals surface area (Å²) in [5, 5.41) is 2.63. The van der Waals surface area contributed by atoms with Gasteiger partial charge in [0.25, 0.3) is 17.7 Å². The number of benzene rings is 2. The van der Waals surface area contributed by atoms with E-state index >= 15 is 0 Å². The molecule has 3 amide bonds. The van der Waals surface area contributed by atoms with E-state index in [2.05, 4.69) is 5.32 Å². The number of carbonyl (C=O) groups is 3. The highest BCUT2D eigenvalue weighted by Crippen LogP contribution is 2.26. The number of fused-ring (bicyclic) bond motifs is 1. The van der Waals surface area contributed by atoms with Gasteiger partial charge in [0.1, 0.15) is 5.82 Å². The van der Waals surface area contributed by atoms with Gasteiger partial charge in [0, 0.05) is 24.3 Å². The SMILES string of the molecule is O=C(NCc1ccccc1F)c1ccc2c(c1)C(=O)N(CC1CCCO1)C2=O. The molecule has 144 valence electrons. The van der Waals surface area contributed by atoms with E-state index in [1.54, 1.807) is 18.2 Å². The van der Waals surface area contributed by atoms with Crippen molar-refractivity contribution in [3.8, 4) is 0 Å². The fourth-order valence-corrected chi connectivity index (χ4v) is 3.51. The molecule has 0 aromatic heterocycles.